The molecule has 0 saturated heterocycles. The first-order chi connectivity index (χ1) is 8.88. The SMILES string of the molecule is CCCOc1cccc(CNCc2ccco2)c1. The molecule has 0 spiro atoms. The van der Waals surface area contributed by atoms with Crippen LogP contribution >= 0.6 is 0 Å². The van der Waals surface area contributed by atoms with Gasteiger partial charge in [0.2, 0.25) is 0 Å². The molecule has 0 aliphatic rings. The van der Waals surface area contributed by atoms with Crippen molar-refractivity contribution in [2.45, 2.75) is 26.4 Å². The zero-order chi connectivity index (χ0) is 12.6. The van der Waals surface area contributed by atoms with Gasteiger partial charge in [-0.1, -0.05) is 19.1 Å². The first kappa shape index (κ1) is 12.7. The Morgan fingerprint density at radius 2 is 2.11 bits per heavy atom. The Labute approximate surface area is 108 Å². The van der Waals surface area contributed by atoms with Crippen LogP contribution in [-0.2, 0) is 13.1 Å². The maximum absolute atomic E-state index is 5.60. The normalized spacial score (nSPS) is 10.5. The third-order valence-corrected chi connectivity index (χ3v) is 2.58. The second-order valence-electron chi connectivity index (χ2n) is 4.18. The van der Waals surface area contributed by atoms with Crippen molar-refractivity contribution in [1.29, 1.82) is 0 Å². The fraction of sp³-hybridized carbons (Fsp3) is 0.333. The van der Waals surface area contributed by atoms with Gasteiger partial charge in [-0.3, -0.25) is 0 Å². The number of ether oxygens (including phenoxy) is 1. The zero-order valence-electron chi connectivity index (χ0n) is 10.7. The molecule has 0 radical (unpaired) electrons. The molecule has 0 saturated carbocycles. The molecule has 0 amide bonds. The Hall–Kier alpha value is -1.74. The minimum Gasteiger partial charge on any atom is -0.494 e. The predicted molar refractivity (Wildman–Crippen MR) is 71.5 cm³/mol. The minimum atomic E-state index is 0.743. The molecule has 0 atom stereocenters. The number of benzene rings is 1. The summed E-state index contributed by atoms with van der Waals surface area (Å²) in [6.07, 6.45) is 2.72. The number of furan rings is 1. The summed E-state index contributed by atoms with van der Waals surface area (Å²) in [4.78, 5) is 0. The van der Waals surface area contributed by atoms with Crippen LogP contribution in [-0.4, -0.2) is 6.61 Å². The minimum absolute atomic E-state index is 0.743. The molecule has 96 valence electrons. The fourth-order valence-corrected chi connectivity index (χ4v) is 1.71. The molecule has 18 heavy (non-hydrogen) atoms. The molecule has 3 nitrogen and oxygen atoms in total. The van der Waals surface area contributed by atoms with Crippen molar-refractivity contribution in [2.75, 3.05) is 6.61 Å². The second kappa shape index (κ2) is 6.87. The summed E-state index contributed by atoms with van der Waals surface area (Å²) in [6.45, 7) is 4.43. The average Bonchev–Trinajstić information content (AvgIpc) is 2.90. The monoisotopic (exact) mass is 245 g/mol. The van der Waals surface area contributed by atoms with Crippen LogP contribution in [0.1, 0.15) is 24.7 Å². The van der Waals surface area contributed by atoms with E-state index in [4.69, 9.17) is 9.15 Å². The van der Waals surface area contributed by atoms with Gasteiger partial charge < -0.3 is 14.5 Å². The van der Waals surface area contributed by atoms with E-state index < -0.39 is 0 Å². The predicted octanol–water partition coefficient (Wildman–Crippen LogP) is 3.36. The zero-order valence-corrected chi connectivity index (χ0v) is 10.7. The fourth-order valence-electron chi connectivity index (χ4n) is 1.71. The summed E-state index contributed by atoms with van der Waals surface area (Å²) in [5.74, 6) is 1.89. The van der Waals surface area contributed by atoms with Crippen molar-refractivity contribution in [3.63, 3.8) is 0 Å². The molecule has 0 aliphatic carbocycles. The van der Waals surface area contributed by atoms with E-state index in [1.165, 1.54) is 5.56 Å². The summed E-state index contributed by atoms with van der Waals surface area (Å²) in [6, 6.07) is 12.0. The lowest BCUT2D eigenvalue weighted by Crippen LogP contribution is -2.12. The highest BCUT2D eigenvalue weighted by Crippen LogP contribution is 2.13. The standard InChI is InChI=1S/C15H19NO2/c1-2-8-17-14-6-3-5-13(10-14)11-16-12-15-7-4-9-18-15/h3-7,9-10,16H,2,8,11-12H2,1H3. The molecule has 0 unspecified atom stereocenters. The largest absolute Gasteiger partial charge is 0.494 e. The van der Waals surface area contributed by atoms with E-state index in [2.05, 4.69) is 24.4 Å². The molecule has 1 aromatic heterocycles. The van der Waals surface area contributed by atoms with Crippen molar-refractivity contribution in [1.82, 2.24) is 5.32 Å². The Balaban J connectivity index is 1.81. The van der Waals surface area contributed by atoms with Gasteiger partial charge in [-0.15, -0.1) is 0 Å². The smallest absolute Gasteiger partial charge is 0.119 e. The molecule has 0 aliphatic heterocycles. The molecule has 0 fully saturated rings. The third-order valence-electron chi connectivity index (χ3n) is 2.58. The number of nitrogens with one attached hydrogen (secondary N) is 1. The van der Waals surface area contributed by atoms with Gasteiger partial charge in [0.15, 0.2) is 0 Å². The molecule has 1 heterocycles. The van der Waals surface area contributed by atoms with E-state index >= 15 is 0 Å². The third kappa shape index (κ3) is 3.93. The van der Waals surface area contributed by atoms with E-state index in [-0.39, 0.29) is 0 Å². The lowest BCUT2D eigenvalue weighted by Gasteiger charge is -2.07. The first-order valence-electron chi connectivity index (χ1n) is 6.33. The van der Waals surface area contributed by atoms with Crippen LogP contribution in [0.2, 0.25) is 0 Å². The Bertz CT molecular complexity index is 451. The quantitative estimate of drug-likeness (QED) is 0.812. The first-order valence-corrected chi connectivity index (χ1v) is 6.33. The van der Waals surface area contributed by atoms with Gasteiger partial charge >= 0.3 is 0 Å². The maximum Gasteiger partial charge on any atom is 0.119 e. The molecule has 3 heteroatoms. The van der Waals surface area contributed by atoms with Crippen molar-refractivity contribution >= 4 is 0 Å². The summed E-state index contributed by atoms with van der Waals surface area (Å²) in [7, 11) is 0. The second-order valence-corrected chi connectivity index (χ2v) is 4.18. The maximum atomic E-state index is 5.60. The summed E-state index contributed by atoms with van der Waals surface area (Å²) in [5.41, 5.74) is 1.22. The van der Waals surface area contributed by atoms with Gasteiger partial charge in [-0.2, -0.15) is 0 Å². The molecule has 2 aromatic rings. The Morgan fingerprint density at radius 1 is 1.17 bits per heavy atom. The van der Waals surface area contributed by atoms with Crippen molar-refractivity contribution in [3.05, 3.63) is 54.0 Å². The molecular weight excluding hydrogens is 226 g/mol. The average molecular weight is 245 g/mol. The number of rotatable bonds is 7. The lowest BCUT2D eigenvalue weighted by atomic mass is 10.2. The van der Waals surface area contributed by atoms with Crippen LogP contribution in [0.15, 0.2) is 47.1 Å². The van der Waals surface area contributed by atoms with Gasteiger partial charge in [0, 0.05) is 6.54 Å². The van der Waals surface area contributed by atoms with Crippen LogP contribution < -0.4 is 10.1 Å². The number of hydrogen-bond acceptors (Lipinski definition) is 3. The highest BCUT2D eigenvalue weighted by Gasteiger charge is 1.98. The molecule has 0 bridgehead atoms. The highest BCUT2D eigenvalue weighted by atomic mass is 16.5. The molecular formula is C15H19NO2. The van der Waals surface area contributed by atoms with Gasteiger partial charge in [0.1, 0.15) is 11.5 Å². The van der Waals surface area contributed by atoms with Crippen LogP contribution in [0.25, 0.3) is 0 Å². The van der Waals surface area contributed by atoms with Crippen molar-refractivity contribution < 1.29 is 9.15 Å². The summed E-state index contributed by atoms with van der Waals surface area (Å²) >= 11 is 0. The van der Waals surface area contributed by atoms with Crippen LogP contribution in [0.3, 0.4) is 0 Å². The topological polar surface area (TPSA) is 34.4 Å². The van der Waals surface area contributed by atoms with Crippen molar-refractivity contribution in [2.24, 2.45) is 0 Å². The van der Waals surface area contributed by atoms with Gasteiger partial charge in [0.25, 0.3) is 0 Å². The highest BCUT2D eigenvalue weighted by molar-refractivity contribution is 5.28. The van der Waals surface area contributed by atoms with Gasteiger partial charge in [-0.25, -0.2) is 0 Å². The Kier molecular flexibility index (Phi) is 4.85. The van der Waals surface area contributed by atoms with Crippen molar-refractivity contribution in [3.8, 4) is 5.75 Å². The van der Waals surface area contributed by atoms with E-state index in [0.717, 1.165) is 37.6 Å². The van der Waals surface area contributed by atoms with E-state index in [0.29, 0.717) is 0 Å². The van der Waals surface area contributed by atoms with Crippen LogP contribution in [0.5, 0.6) is 5.75 Å². The van der Waals surface area contributed by atoms with E-state index in [1.54, 1.807) is 6.26 Å². The molecule has 1 N–H and O–H groups in total. The van der Waals surface area contributed by atoms with Gasteiger partial charge in [-0.05, 0) is 36.2 Å². The Morgan fingerprint density at radius 3 is 2.89 bits per heavy atom. The molecule has 2 rings (SSSR count). The lowest BCUT2D eigenvalue weighted by molar-refractivity contribution is 0.317. The van der Waals surface area contributed by atoms with Gasteiger partial charge in [0.05, 0.1) is 19.4 Å². The van der Waals surface area contributed by atoms with E-state index in [9.17, 15) is 0 Å². The molecule has 1 aromatic carbocycles. The van der Waals surface area contributed by atoms with E-state index in [1.807, 2.05) is 24.3 Å². The summed E-state index contributed by atoms with van der Waals surface area (Å²) < 4.78 is 10.9. The number of hydrogen-bond donors (Lipinski definition) is 1. The summed E-state index contributed by atoms with van der Waals surface area (Å²) in [5, 5.41) is 3.34. The van der Waals surface area contributed by atoms with Crippen LogP contribution in [0.4, 0.5) is 0 Å². The van der Waals surface area contributed by atoms with Crippen LogP contribution in [0, 0.1) is 0 Å².